The highest BCUT2D eigenvalue weighted by molar-refractivity contribution is 6.33. The first-order valence-corrected chi connectivity index (χ1v) is 6.19. The van der Waals surface area contributed by atoms with Crippen LogP contribution in [-0.4, -0.2) is 35.1 Å². The van der Waals surface area contributed by atoms with Gasteiger partial charge in [0.1, 0.15) is 0 Å². The van der Waals surface area contributed by atoms with Gasteiger partial charge in [0.25, 0.3) is 5.91 Å². The first-order chi connectivity index (χ1) is 8.08. The number of aryl methyl sites for hydroxylation is 1. The number of amides is 1. The van der Waals surface area contributed by atoms with Gasteiger partial charge in [-0.1, -0.05) is 17.7 Å². The SMILES string of the molecule is Cc1ccc(C(=O)N2CCC[C@H](O)C2)c(Cl)c1. The van der Waals surface area contributed by atoms with Gasteiger partial charge >= 0.3 is 0 Å². The first-order valence-electron chi connectivity index (χ1n) is 5.81. The number of likely N-dealkylation sites (tertiary alicyclic amines) is 1. The van der Waals surface area contributed by atoms with Gasteiger partial charge in [0.15, 0.2) is 0 Å². The highest BCUT2D eigenvalue weighted by Gasteiger charge is 2.24. The van der Waals surface area contributed by atoms with Gasteiger partial charge in [-0.3, -0.25) is 4.79 Å². The van der Waals surface area contributed by atoms with Gasteiger partial charge in [-0.05, 0) is 37.5 Å². The fourth-order valence-corrected chi connectivity index (χ4v) is 2.42. The molecule has 1 aromatic rings. The summed E-state index contributed by atoms with van der Waals surface area (Å²) in [5.74, 6) is -0.0891. The van der Waals surface area contributed by atoms with Gasteiger partial charge in [0, 0.05) is 13.1 Å². The monoisotopic (exact) mass is 253 g/mol. The van der Waals surface area contributed by atoms with Crippen LogP contribution < -0.4 is 0 Å². The van der Waals surface area contributed by atoms with Crippen molar-refractivity contribution in [2.45, 2.75) is 25.9 Å². The number of nitrogens with zero attached hydrogens (tertiary/aromatic N) is 1. The topological polar surface area (TPSA) is 40.5 Å². The molecule has 1 N–H and O–H groups in total. The lowest BCUT2D eigenvalue weighted by molar-refractivity contribution is 0.0474. The van der Waals surface area contributed by atoms with Crippen LogP contribution in [0.4, 0.5) is 0 Å². The molecule has 0 saturated carbocycles. The van der Waals surface area contributed by atoms with Gasteiger partial charge in [0.05, 0.1) is 16.7 Å². The molecule has 0 bridgehead atoms. The lowest BCUT2D eigenvalue weighted by Crippen LogP contribution is -2.42. The van der Waals surface area contributed by atoms with Crippen LogP contribution in [-0.2, 0) is 0 Å². The molecule has 2 rings (SSSR count). The van der Waals surface area contributed by atoms with E-state index in [0.717, 1.165) is 18.4 Å². The van der Waals surface area contributed by atoms with E-state index in [0.29, 0.717) is 23.7 Å². The summed E-state index contributed by atoms with van der Waals surface area (Å²) in [6.45, 7) is 3.04. The van der Waals surface area contributed by atoms with Crippen LogP contribution in [0.5, 0.6) is 0 Å². The molecule has 92 valence electrons. The van der Waals surface area contributed by atoms with Crippen molar-refractivity contribution in [2.75, 3.05) is 13.1 Å². The predicted octanol–water partition coefficient (Wildman–Crippen LogP) is 2.25. The minimum Gasteiger partial charge on any atom is -0.391 e. The summed E-state index contributed by atoms with van der Waals surface area (Å²) in [4.78, 5) is 13.9. The molecule has 0 spiro atoms. The molecule has 1 heterocycles. The molecular formula is C13H16ClNO2. The van der Waals surface area contributed by atoms with Gasteiger partial charge in [-0.25, -0.2) is 0 Å². The fraction of sp³-hybridized carbons (Fsp3) is 0.462. The summed E-state index contributed by atoms with van der Waals surface area (Å²) in [5.41, 5.74) is 1.55. The number of piperidine rings is 1. The number of aliphatic hydroxyl groups is 1. The van der Waals surface area contributed by atoms with Crippen molar-refractivity contribution in [3.8, 4) is 0 Å². The zero-order valence-corrected chi connectivity index (χ0v) is 10.6. The standard InChI is InChI=1S/C13H16ClNO2/c1-9-4-5-11(12(14)7-9)13(17)15-6-2-3-10(16)8-15/h4-5,7,10,16H,2-3,6,8H2,1H3/t10-/m0/s1. The number of halogens is 1. The number of carbonyl (C=O) groups is 1. The summed E-state index contributed by atoms with van der Waals surface area (Å²) < 4.78 is 0. The molecule has 1 fully saturated rings. The molecule has 0 aliphatic carbocycles. The van der Waals surface area contributed by atoms with Crippen molar-refractivity contribution in [3.63, 3.8) is 0 Å². The Balaban J connectivity index is 2.18. The van der Waals surface area contributed by atoms with Crippen LogP contribution in [0.15, 0.2) is 18.2 Å². The largest absolute Gasteiger partial charge is 0.391 e. The highest BCUT2D eigenvalue weighted by atomic mass is 35.5. The Morgan fingerprint density at radius 2 is 2.29 bits per heavy atom. The second kappa shape index (κ2) is 5.07. The normalized spacial score (nSPS) is 20.4. The Hall–Kier alpha value is -1.06. The molecular weight excluding hydrogens is 238 g/mol. The second-order valence-corrected chi connectivity index (χ2v) is 4.94. The zero-order chi connectivity index (χ0) is 12.4. The van der Waals surface area contributed by atoms with Crippen LogP contribution in [0, 0.1) is 6.92 Å². The van der Waals surface area contributed by atoms with Gasteiger partial charge in [-0.15, -0.1) is 0 Å². The molecule has 4 heteroatoms. The van der Waals surface area contributed by atoms with Crippen LogP contribution in [0.3, 0.4) is 0 Å². The fourth-order valence-electron chi connectivity index (χ4n) is 2.10. The number of carbonyl (C=O) groups excluding carboxylic acids is 1. The second-order valence-electron chi connectivity index (χ2n) is 4.53. The van der Waals surface area contributed by atoms with E-state index in [1.807, 2.05) is 13.0 Å². The lowest BCUT2D eigenvalue weighted by atomic mass is 10.1. The van der Waals surface area contributed by atoms with Crippen LogP contribution in [0.2, 0.25) is 5.02 Å². The van der Waals surface area contributed by atoms with E-state index < -0.39 is 6.10 Å². The maximum absolute atomic E-state index is 12.2. The molecule has 1 aliphatic heterocycles. The van der Waals surface area contributed by atoms with Crippen LogP contribution in [0.25, 0.3) is 0 Å². The van der Waals surface area contributed by atoms with E-state index in [1.165, 1.54) is 0 Å². The third kappa shape index (κ3) is 2.79. The lowest BCUT2D eigenvalue weighted by Gasteiger charge is -2.30. The third-order valence-corrected chi connectivity index (χ3v) is 3.35. The first kappa shape index (κ1) is 12.4. The molecule has 1 amide bonds. The van der Waals surface area contributed by atoms with Crippen LogP contribution in [0.1, 0.15) is 28.8 Å². The average molecular weight is 254 g/mol. The van der Waals surface area contributed by atoms with Gasteiger partial charge < -0.3 is 10.0 Å². The summed E-state index contributed by atoms with van der Waals surface area (Å²) in [5, 5.41) is 10.0. The maximum Gasteiger partial charge on any atom is 0.255 e. The molecule has 0 aromatic heterocycles. The number of hydrogen-bond donors (Lipinski definition) is 1. The maximum atomic E-state index is 12.2. The number of benzene rings is 1. The summed E-state index contributed by atoms with van der Waals surface area (Å²) in [7, 11) is 0. The number of aliphatic hydroxyl groups excluding tert-OH is 1. The van der Waals surface area contributed by atoms with Gasteiger partial charge in [0.2, 0.25) is 0 Å². The number of β-amino-alcohol motifs (C(OH)–C–C–N with tert-alkyl or cyclic N) is 1. The Bertz CT molecular complexity index is 433. The van der Waals surface area contributed by atoms with E-state index >= 15 is 0 Å². The van der Waals surface area contributed by atoms with Crippen molar-refractivity contribution in [2.24, 2.45) is 0 Å². The van der Waals surface area contributed by atoms with E-state index in [1.54, 1.807) is 17.0 Å². The molecule has 0 unspecified atom stereocenters. The molecule has 1 aliphatic rings. The van der Waals surface area contributed by atoms with E-state index in [-0.39, 0.29) is 5.91 Å². The van der Waals surface area contributed by atoms with E-state index in [4.69, 9.17) is 11.6 Å². The highest BCUT2D eigenvalue weighted by Crippen LogP contribution is 2.21. The number of rotatable bonds is 1. The zero-order valence-electron chi connectivity index (χ0n) is 9.82. The van der Waals surface area contributed by atoms with Crippen molar-refractivity contribution in [1.29, 1.82) is 0 Å². The minimum atomic E-state index is -0.406. The minimum absolute atomic E-state index is 0.0891. The summed E-state index contributed by atoms with van der Waals surface area (Å²) >= 11 is 6.07. The molecule has 0 radical (unpaired) electrons. The Morgan fingerprint density at radius 1 is 1.53 bits per heavy atom. The molecule has 1 saturated heterocycles. The summed E-state index contributed by atoms with van der Waals surface area (Å²) in [6.07, 6.45) is 1.21. The smallest absolute Gasteiger partial charge is 0.255 e. The third-order valence-electron chi connectivity index (χ3n) is 3.04. The number of hydrogen-bond acceptors (Lipinski definition) is 2. The van der Waals surface area contributed by atoms with Crippen molar-refractivity contribution >= 4 is 17.5 Å². The van der Waals surface area contributed by atoms with E-state index in [9.17, 15) is 9.90 Å². The van der Waals surface area contributed by atoms with Crippen molar-refractivity contribution in [1.82, 2.24) is 4.90 Å². The Labute approximate surface area is 106 Å². The Morgan fingerprint density at radius 3 is 2.94 bits per heavy atom. The van der Waals surface area contributed by atoms with Crippen LogP contribution >= 0.6 is 11.6 Å². The Kier molecular flexibility index (Phi) is 3.69. The average Bonchev–Trinajstić information content (AvgIpc) is 2.28. The van der Waals surface area contributed by atoms with E-state index in [2.05, 4.69) is 0 Å². The molecule has 3 nitrogen and oxygen atoms in total. The van der Waals surface area contributed by atoms with Crippen molar-refractivity contribution < 1.29 is 9.90 Å². The molecule has 17 heavy (non-hydrogen) atoms. The molecule has 1 atom stereocenters. The quantitative estimate of drug-likeness (QED) is 0.834. The molecule has 1 aromatic carbocycles. The predicted molar refractivity (Wildman–Crippen MR) is 67.3 cm³/mol. The van der Waals surface area contributed by atoms with Crippen molar-refractivity contribution in [3.05, 3.63) is 34.3 Å². The summed E-state index contributed by atoms with van der Waals surface area (Å²) in [6, 6.07) is 5.41. The van der Waals surface area contributed by atoms with Gasteiger partial charge in [-0.2, -0.15) is 0 Å².